The van der Waals surface area contributed by atoms with Crippen molar-refractivity contribution in [3.8, 4) is 0 Å². The van der Waals surface area contributed by atoms with Crippen LogP contribution in [0.15, 0.2) is 33.2 Å². The molecule has 3 aromatic heterocycles. The van der Waals surface area contributed by atoms with Crippen LogP contribution in [0.4, 0.5) is 5.82 Å². The minimum atomic E-state index is -3.42. The fourth-order valence-electron chi connectivity index (χ4n) is 2.05. The first-order valence-corrected chi connectivity index (χ1v) is 10.4. The van der Waals surface area contributed by atoms with E-state index in [1.807, 2.05) is 18.4 Å². The summed E-state index contributed by atoms with van der Waals surface area (Å²) in [5.74, 6) is 1.53. The third-order valence-electron chi connectivity index (χ3n) is 3.16. The van der Waals surface area contributed by atoms with Gasteiger partial charge in [-0.15, -0.1) is 22.7 Å². The van der Waals surface area contributed by atoms with E-state index in [2.05, 4.69) is 20.0 Å². The summed E-state index contributed by atoms with van der Waals surface area (Å²) >= 11 is 2.77. The summed E-state index contributed by atoms with van der Waals surface area (Å²) in [6.45, 7) is 2.75. The van der Waals surface area contributed by atoms with Crippen molar-refractivity contribution < 1.29 is 8.42 Å². The molecular weight excluding hydrogens is 352 g/mol. The van der Waals surface area contributed by atoms with Crippen molar-refractivity contribution in [1.82, 2.24) is 14.7 Å². The standard InChI is InChI=1S/C14H16N4O2S3/c1-2-11-17-13(10-5-9-22-14(10)18-11)15-6-7-16-23(19,20)12-4-3-8-21-12/h3-5,8-9,16H,2,6-7H2,1H3,(H,15,17,18). The van der Waals surface area contributed by atoms with Crippen LogP contribution in [0, 0.1) is 0 Å². The molecule has 0 aliphatic carbocycles. The summed E-state index contributed by atoms with van der Waals surface area (Å²) in [6, 6.07) is 5.28. The molecule has 0 spiro atoms. The van der Waals surface area contributed by atoms with Crippen LogP contribution >= 0.6 is 22.7 Å². The van der Waals surface area contributed by atoms with Crippen molar-refractivity contribution in [3.05, 3.63) is 34.8 Å². The zero-order chi connectivity index (χ0) is 16.3. The van der Waals surface area contributed by atoms with Crippen molar-refractivity contribution in [2.24, 2.45) is 0 Å². The van der Waals surface area contributed by atoms with Gasteiger partial charge >= 0.3 is 0 Å². The van der Waals surface area contributed by atoms with Gasteiger partial charge in [0, 0.05) is 19.5 Å². The number of aryl methyl sites for hydroxylation is 1. The van der Waals surface area contributed by atoms with Crippen molar-refractivity contribution in [2.75, 3.05) is 18.4 Å². The number of sulfonamides is 1. The van der Waals surface area contributed by atoms with Gasteiger partial charge < -0.3 is 5.32 Å². The molecule has 3 aromatic rings. The normalized spacial score (nSPS) is 11.9. The molecule has 0 bridgehead atoms. The molecule has 0 fully saturated rings. The van der Waals surface area contributed by atoms with Gasteiger partial charge in [-0.25, -0.2) is 23.1 Å². The molecule has 122 valence electrons. The molecule has 2 N–H and O–H groups in total. The predicted molar refractivity (Wildman–Crippen MR) is 94.8 cm³/mol. The molecule has 9 heteroatoms. The van der Waals surface area contributed by atoms with Crippen LogP contribution in [0.3, 0.4) is 0 Å². The highest BCUT2D eigenvalue weighted by Crippen LogP contribution is 2.25. The SMILES string of the molecule is CCc1nc(NCCNS(=O)(=O)c2cccs2)c2ccsc2n1. The molecule has 0 aliphatic rings. The molecule has 0 atom stereocenters. The number of nitrogens with one attached hydrogen (secondary N) is 2. The Labute approximate surface area is 142 Å². The van der Waals surface area contributed by atoms with E-state index >= 15 is 0 Å². The monoisotopic (exact) mass is 368 g/mol. The van der Waals surface area contributed by atoms with Gasteiger partial charge in [-0.2, -0.15) is 0 Å². The van der Waals surface area contributed by atoms with Crippen LogP contribution in [-0.2, 0) is 16.4 Å². The lowest BCUT2D eigenvalue weighted by atomic mass is 10.3. The number of anilines is 1. The van der Waals surface area contributed by atoms with Crippen LogP contribution < -0.4 is 10.0 Å². The van der Waals surface area contributed by atoms with E-state index in [1.165, 1.54) is 11.3 Å². The lowest BCUT2D eigenvalue weighted by Crippen LogP contribution is -2.28. The summed E-state index contributed by atoms with van der Waals surface area (Å²) in [5, 5.41) is 7.88. The molecule has 0 radical (unpaired) electrons. The second-order valence-corrected chi connectivity index (χ2v) is 8.57. The Morgan fingerprint density at radius 3 is 2.74 bits per heavy atom. The van der Waals surface area contributed by atoms with Gasteiger partial charge in [0.15, 0.2) is 0 Å². The highest BCUT2D eigenvalue weighted by molar-refractivity contribution is 7.91. The highest BCUT2D eigenvalue weighted by Gasteiger charge is 2.14. The Morgan fingerprint density at radius 1 is 1.13 bits per heavy atom. The number of hydrogen-bond acceptors (Lipinski definition) is 7. The first kappa shape index (κ1) is 16.3. The summed E-state index contributed by atoms with van der Waals surface area (Å²) in [4.78, 5) is 9.90. The third kappa shape index (κ3) is 3.69. The molecule has 0 saturated carbocycles. The van der Waals surface area contributed by atoms with E-state index < -0.39 is 10.0 Å². The van der Waals surface area contributed by atoms with Gasteiger partial charge in [0.05, 0.1) is 5.39 Å². The van der Waals surface area contributed by atoms with Crippen molar-refractivity contribution >= 4 is 48.7 Å². The smallest absolute Gasteiger partial charge is 0.250 e. The van der Waals surface area contributed by atoms with Crippen molar-refractivity contribution in [2.45, 2.75) is 17.6 Å². The van der Waals surface area contributed by atoms with Crippen molar-refractivity contribution in [3.63, 3.8) is 0 Å². The lowest BCUT2D eigenvalue weighted by Gasteiger charge is -2.09. The van der Waals surface area contributed by atoms with E-state index in [4.69, 9.17) is 0 Å². The Balaban J connectivity index is 1.64. The molecule has 3 rings (SSSR count). The topological polar surface area (TPSA) is 84.0 Å². The van der Waals surface area contributed by atoms with E-state index in [0.29, 0.717) is 10.8 Å². The molecule has 6 nitrogen and oxygen atoms in total. The highest BCUT2D eigenvalue weighted by atomic mass is 32.2. The molecule has 0 aliphatic heterocycles. The molecule has 0 aromatic carbocycles. The van der Waals surface area contributed by atoms with Gasteiger partial charge in [-0.3, -0.25) is 0 Å². The van der Waals surface area contributed by atoms with E-state index in [-0.39, 0.29) is 6.54 Å². The van der Waals surface area contributed by atoms with E-state index in [0.717, 1.165) is 28.3 Å². The van der Waals surface area contributed by atoms with Gasteiger partial charge in [0.1, 0.15) is 20.7 Å². The van der Waals surface area contributed by atoms with Crippen LogP contribution in [-0.4, -0.2) is 31.5 Å². The van der Waals surface area contributed by atoms with Crippen LogP contribution in [0.25, 0.3) is 10.2 Å². The third-order valence-corrected chi connectivity index (χ3v) is 6.82. The van der Waals surface area contributed by atoms with Gasteiger partial charge in [0.2, 0.25) is 10.0 Å². The number of nitrogens with zero attached hydrogens (tertiary/aromatic N) is 2. The first-order chi connectivity index (χ1) is 11.1. The second-order valence-electron chi connectivity index (χ2n) is 4.74. The minimum absolute atomic E-state index is 0.289. The van der Waals surface area contributed by atoms with Gasteiger partial charge in [-0.05, 0) is 22.9 Å². The first-order valence-electron chi connectivity index (χ1n) is 7.11. The number of aromatic nitrogens is 2. The Morgan fingerprint density at radius 2 is 2.00 bits per heavy atom. The van der Waals surface area contributed by atoms with Gasteiger partial charge in [0.25, 0.3) is 0 Å². The Kier molecular flexibility index (Phi) is 4.90. The quantitative estimate of drug-likeness (QED) is 0.627. The lowest BCUT2D eigenvalue weighted by molar-refractivity contribution is 0.585. The molecular formula is C14H16N4O2S3. The molecule has 23 heavy (non-hydrogen) atoms. The minimum Gasteiger partial charge on any atom is -0.368 e. The number of rotatable bonds is 7. The fourth-order valence-corrected chi connectivity index (χ4v) is 4.90. The average Bonchev–Trinajstić information content (AvgIpc) is 3.22. The number of hydrogen-bond donors (Lipinski definition) is 2. The summed E-state index contributed by atoms with van der Waals surface area (Å²) in [6.07, 6.45) is 0.757. The summed E-state index contributed by atoms with van der Waals surface area (Å²) in [7, 11) is -3.42. The van der Waals surface area contributed by atoms with Crippen LogP contribution in [0.5, 0.6) is 0 Å². The van der Waals surface area contributed by atoms with Crippen molar-refractivity contribution in [1.29, 1.82) is 0 Å². The predicted octanol–water partition coefficient (Wildman–Crippen LogP) is 2.71. The largest absolute Gasteiger partial charge is 0.368 e. The summed E-state index contributed by atoms with van der Waals surface area (Å²) in [5.41, 5.74) is 0. The molecule has 0 unspecified atom stereocenters. The molecule has 0 saturated heterocycles. The van der Waals surface area contributed by atoms with Gasteiger partial charge in [-0.1, -0.05) is 13.0 Å². The summed E-state index contributed by atoms with van der Waals surface area (Å²) < 4.78 is 27.0. The maximum Gasteiger partial charge on any atom is 0.250 e. The maximum atomic E-state index is 12.0. The maximum absolute atomic E-state index is 12.0. The van der Waals surface area contributed by atoms with E-state index in [9.17, 15) is 8.42 Å². The fraction of sp³-hybridized carbons (Fsp3) is 0.286. The number of thiophene rings is 2. The molecule has 0 amide bonds. The van der Waals surface area contributed by atoms with E-state index in [1.54, 1.807) is 28.8 Å². The average molecular weight is 369 g/mol. The molecule has 3 heterocycles. The Bertz CT molecular complexity index is 888. The van der Waals surface area contributed by atoms with Crippen LogP contribution in [0.2, 0.25) is 0 Å². The Hall–Kier alpha value is -1.55. The zero-order valence-electron chi connectivity index (χ0n) is 12.4. The number of fused-ring (bicyclic) bond motifs is 1. The zero-order valence-corrected chi connectivity index (χ0v) is 14.9. The van der Waals surface area contributed by atoms with Crippen LogP contribution in [0.1, 0.15) is 12.7 Å². The second kappa shape index (κ2) is 6.91.